The summed E-state index contributed by atoms with van der Waals surface area (Å²) < 4.78 is 11.2. The number of anilines is 1. The van der Waals surface area contributed by atoms with E-state index in [2.05, 4.69) is 25.1 Å². The summed E-state index contributed by atoms with van der Waals surface area (Å²) in [7, 11) is 3.97. The van der Waals surface area contributed by atoms with Crippen molar-refractivity contribution in [2.45, 2.75) is 84.6 Å². The monoisotopic (exact) mass is 765 g/mol. The van der Waals surface area contributed by atoms with E-state index >= 15 is 0 Å². The molecule has 3 heterocycles. The van der Waals surface area contributed by atoms with Gasteiger partial charge < -0.3 is 24.6 Å². The molecule has 2 N–H and O–H groups in total. The summed E-state index contributed by atoms with van der Waals surface area (Å²) in [5.41, 5.74) is 0.169. The van der Waals surface area contributed by atoms with Crippen LogP contribution in [0, 0.1) is 0 Å². The van der Waals surface area contributed by atoms with Gasteiger partial charge in [-0.05, 0) is 65.5 Å². The van der Waals surface area contributed by atoms with E-state index in [0.717, 1.165) is 51.9 Å². The SMILES string of the molecule is CC1=NN(C(C)(C)C)C(=O)/C1=C1\C(=O)C(c2ccc(N(CCOC(=O)CCN(C)N3CCCCC3)CCOC(=O)CCN(C)N3CCCCC3)cc2O)=C1O. The zero-order valence-electron chi connectivity index (χ0n) is 33.4. The zero-order valence-corrected chi connectivity index (χ0v) is 33.4. The maximum Gasteiger partial charge on any atom is 0.307 e. The lowest BCUT2D eigenvalue weighted by Gasteiger charge is -2.34. The number of hydrazine groups is 2. The number of phenolic OH excluding ortho intramolecular Hbond substituents is 1. The Morgan fingerprint density at radius 2 is 1.27 bits per heavy atom. The number of benzene rings is 1. The first kappa shape index (κ1) is 41.8. The Labute approximate surface area is 324 Å². The molecule has 0 bridgehead atoms. The maximum absolute atomic E-state index is 13.4. The second-order valence-corrected chi connectivity index (χ2v) is 15.7. The van der Waals surface area contributed by atoms with Gasteiger partial charge in [-0.15, -0.1) is 0 Å². The third kappa shape index (κ3) is 10.3. The number of aliphatic hydroxyl groups is 1. The summed E-state index contributed by atoms with van der Waals surface area (Å²) in [6.07, 6.45) is 7.51. The van der Waals surface area contributed by atoms with Crippen molar-refractivity contribution < 1.29 is 38.9 Å². The molecule has 4 aliphatic rings. The molecule has 0 saturated carbocycles. The van der Waals surface area contributed by atoms with Crippen LogP contribution in [0.5, 0.6) is 5.75 Å². The van der Waals surface area contributed by atoms with Crippen molar-refractivity contribution in [2.75, 3.05) is 84.6 Å². The number of rotatable bonds is 16. The lowest BCUT2D eigenvalue weighted by Crippen LogP contribution is -2.44. The first-order chi connectivity index (χ1) is 26.2. The summed E-state index contributed by atoms with van der Waals surface area (Å²) in [5, 5.41) is 36.5. The lowest BCUT2D eigenvalue weighted by atomic mass is 9.79. The van der Waals surface area contributed by atoms with Crippen LogP contribution in [-0.2, 0) is 28.7 Å². The quantitative estimate of drug-likeness (QED) is 0.185. The van der Waals surface area contributed by atoms with Gasteiger partial charge in [-0.25, -0.2) is 25.0 Å². The van der Waals surface area contributed by atoms with Gasteiger partial charge in [-0.1, -0.05) is 12.8 Å². The molecule has 0 atom stereocenters. The number of ketones is 1. The summed E-state index contributed by atoms with van der Waals surface area (Å²) in [4.78, 5) is 53.8. The molecule has 0 unspecified atom stereocenters. The fraction of sp³-hybridized carbons (Fsp3) is 0.625. The molecule has 1 amide bonds. The van der Waals surface area contributed by atoms with Gasteiger partial charge in [0.15, 0.2) is 0 Å². The van der Waals surface area contributed by atoms with Crippen molar-refractivity contribution in [3.05, 3.63) is 40.7 Å². The number of carbonyl (C=O) groups is 4. The number of hydrazone groups is 1. The van der Waals surface area contributed by atoms with Crippen LogP contribution in [0.1, 0.15) is 84.6 Å². The molecule has 1 aliphatic carbocycles. The topological polar surface area (TPSA) is 159 Å². The van der Waals surface area contributed by atoms with Crippen molar-refractivity contribution in [1.82, 2.24) is 25.0 Å². The molecular formula is C40H59N7O8. The maximum atomic E-state index is 13.4. The minimum absolute atomic E-state index is 0.0452. The van der Waals surface area contributed by atoms with E-state index in [0.29, 0.717) is 24.5 Å². The third-order valence-corrected chi connectivity index (χ3v) is 10.6. The molecule has 0 spiro atoms. The summed E-state index contributed by atoms with van der Waals surface area (Å²) in [5.74, 6) is -2.34. The van der Waals surface area contributed by atoms with Crippen LogP contribution in [0.2, 0.25) is 0 Å². The number of aliphatic hydroxyl groups excluding tert-OH is 1. The number of esters is 2. The van der Waals surface area contributed by atoms with E-state index in [1.165, 1.54) is 30.0 Å². The number of piperidine rings is 2. The molecule has 55 heavy (non-hydrogen) atoms. The normalized spacial score (nSPS) is 20.0. The van der Waals surface area contributed by atoms with Crippen LogP contribution in [0.4, 0.5) is 5.69 Å². The molecular weight excluding hydrogens is 706 g/mol. The second-order valence-electron chi connectivity index (χ2n) is 15.7. The molecule has 0 radical (unpaired) electrons. The Morgan fingerprint density at radius 1 is 0.764 bits per heavy atom. The molecule has 2 saturated heterocycles. The van der Waals surface area contributed by atoms with Gasteiger partial charge in [-0.2, -0.15) is 5.10 Å². The number of Topliss-reactive ketones (excluding diaryl/α,β-unsaturated/α-hetero) is 1. The van der Waals surface area contributed by atoms with Gasteiger partial charge in [0.2, 0.25) is 5.78 Å². The molecule has 2 fully saturated rings. The summed E-state index contributed by atoms with van der Waals surface area (Å²) in [6.45, 7) is 12.7. The lowest BCUT2D eigenvalue weighted by molar-refractivity contribution is -0.145. The average molecular weight is 766 g/mol. The van der Waals surface area contributed by atoms with Crippen LogP contribution >= 0.6 is 0 Å². The van der Waals surface area contributed by atoms with E-state index in [4.69, 9.17) is 9.47 Å². The van der Waals surface area contributed by atoms with E-state index in [9.17, 15) is 29.4 Å². The second kappa shape index (κ2) is 18.5. The molecule has 15 heteroatoms. The van der Waals surface area contributed by atoms with Gasteiger partial charge >= 0.3 is 11.9 Å². The predicted octanol–water partition coefficient (Wildman–Crippen LogP) is 3.90. The average Bonchev–Trinajstić information content (AvgIpc) is 3.46. The van der Waals surface area contributed by atoms with Gasteiger partial charge in [0.05, 0.1) is 53.9 Å². The molecule has 1 aromatic carbocycles. The number of phenols is 1. The fourth-order valence-corrected chi connectivity index (χ4v) is 7.34. The Kier molecular flexibility index (Phi) is 14.1. The fourth-order valence-electron chi connectivity index (χ4n) is 7.34. The minimum atomic E-state index is -0.626. The summed E-state index contributed by atoms with van der Waals surface area (Å²) >= 11 is 0. The number of carbonyl (C=O) groups excluding carboxylic acids is 4. The van der Waals surface area contributed by atoms with Gasteiger partial charge in [0.25, 0.3) is 5.91 Å². The van der Waals surface area contributed by atoms with E-state index in [1.54, 1.807) is 13.0 Å². The number of hydrogen-bond donors (Lipinski definition) is 2. The van der Waals surface area contributed by atoms with Crippen molar-refractivity contribution in [3.8, 4) is 5.75 Å². The van der Waals surface area contributed by atoms with E-state index < -0.39 is 17.2 Å². The molecule has 1 aromatic rings. The highest BCUT2D eigenvalue weighted by Crippen LogP contribution is 2.43. The Balaban J connectivity index is 1.24. The van der Waals surface area contributed by atoms with Crippen LogP contribution in [0.15, 0.2) is 40.2 Å². The number of nitrogens with zero attached hydrogens (tertiary/aromatic N) is 7. The van der Waals surface area contributed by atoms with Gasteiger partial charge in [0.1, 0.15) is 24.7 Å². The van der Waals surface area contributed by atoms with Crippen molar-refractivity contribution in [3.63, 3.8) is 0 Å². The highest BCUT2D eigenvalue weighted by Gasteiger charge is 2.45. The van der Waals surface area contributed by atoms with Crippen LogP contribution in [0.25, 0.3) is 5.57 Å². The Bertz CT molecular complexity index is 1640. The Hall–Kier alpha value is -4.31. The standard InChI is InChI=1S/C40H59N7O8/c1-28-34(39(53)47(41-28)40(2,3)4)36-37(51)35(38(36)52)30-14-13-29(27-31(30)48)44(23-25-54-32(49)15-21-42(5)45-17-9-7-10-18-45)24-26-55-33(50)16-22-43(6)46-19-11-8-12-20-46/h13-14,27,48,51H,7-12,15-26H2,1-6H3/b36-34-. The largest absolute Gasteiger partial charge is 0.507 e. The van der Waals surface area contributed by atoms with Crippen LogP contribution < -0.4 is 4.90 Å². The first-order valence-electron chi connectivity index (χ1n) is 19.6. The van der Waals surface area contributed by atoms with E-state index in [1.807, 2.05) is 39.8 Å². The third-order valence-electron chi connectivity index (χ3n) is 10.6. The highest BCUT2D eigenvalue weighted by molar-refractivity contribution is 6.44. The summed E-state index contributed by atoms with van der Waals surface area (Å²) in [6, 6.07) is 4.65. The van der Waals surface area contributed by atoms with Crippen LogP contribution in [0.3, 0.4) is 0 Å². The number of ether oxygens (including phenoxy) is 2. The smallest absolute Gasteiger partial charge is 0.307 e. The predicted molar refractivity (Wildman–Crippen MR) is 209 cm³/mol. The number of aromatic hydroxyl groups is 1. The Morgan fingerprint density at radius 3 is 1.71 bits per heavy atom. The van der Waals surface area contributed by atoms with Crippen molar-refractivity contribution in [1.29, 1.82) is 0 Å². The number of hydrogen-bond acceptors (Lipinski definition) is 14. The molecule has 5 rings (SSSR count). The van der Waals surface area contributed by atoms with Crippen LogP contribution in [-0.4, -0.2) is 150 Å². The van der Waals surface area contributed by atoms with Crippen molar-refractivity contribution >= 4 is 40.6 Å². The van der Waals surface area contributed by atoms with Gasteiger partial charge in [0, 0.05) is 70.7 Å². The molecule has 3 aliphatic heterocycles. The minimum Gasteiger partial charge on any atom is -0.507 e. The van der Waals surface area contributed by atoms with Crippen molar-refractivity contribution in [2.24, 2.45) is 5.10 Å². The number of amides is 1. The molecule has 302 valence electrons. The van der Waals surface area contributed by atoms with Gasteiger partial charge in [-0.3, -0.25) is 19.2 Å². The zero-order chi connectivity index (χ0) is 39.9. The highest BCUT2D eigenvalue weighted by atomic mass is 16.5. The molecule has 15 nitrogen and oxygen atoms in total. The van der Waals surface area contributed by atoms with E-state index in [-0.39, 0.29) is 84.9 Å². The molecule has 0 aromatic heterocycles. The number of allylic oxidation sites excluding steroid dienone is 2. The first-order valence-corrected chi connectivity index (χ1v) is 19.6.